The zero-order chi connectivity index (χ0) is 14.3. The Morgan fingerprint density at radius 2 is 1.89 bits per heavy atom. The standard InChI is InChI=1S/C13H26N2O3/c1-9(2)5-10(6-12(17)18)8-15-11(16)7-13(3,4)14/h9-10H,5-8,14H2,1-4H3,(H,15,16)(H,17,18)/t10-/m0/s1. The van der Waals surface area contributed by atoms with Gasteiger partial charge in [0.15, 0.2) is 0 Å². The number of amides is 1. The number of carboxylic acid groups (broad SMARTS) is 1. The largest absolute Gasteiger partial charge is 0.481 e. The summed E-state index contributed by atoms with van der Waals surface area (Å²) in [5, 5.41) is 11.6. The molecule has 0 heterocycles. The highest BCUT2D eigenvalue weighted by molar-refractivity contribution is 5.77. The first kappa shape index (κ1) is 16.9. The van der Waals surface area contributed by atoms with Crippen LogP contribution in [-0.2, 0) is 9.59 Å². The lowest BCUT2D eigenvalue weighted by Gasteiger charge is -2.21. The summed E-state index contributed by atoms with van der Waals surface area (Å²) >= 11 is 0. The number of nitrogens with two attached hydrogens (primary N) is 1. The van der Waals surface area contributed by atoms with E-state index in [-0.39, 0.29) is 24.7 Å². The molecular formula is C13H26N2O3. The molecule has 106 valence electrons. The molecule has 0 aromatic carbocycles. The van der Waals surface area contributed by atoms with Gasteiger partial charge >= 0.3 is 5.97 Å². The van der Waals surface area contributed by atoms with Gasteiger partial charge in [0.2, 0.25) is 5.91 Å². The van der Waals surface area contributed by atoms with Crippen molar-refractivity contribution >= 4 is 11.9 Å². The fourth-order valence-corrected chi connectivity index (χ4v) is 1.89. The van der Waals surface area contributed by atoms with Crippen molar-refractivity contribution in [2.24, 2.45) is 17.6 Å². The number of hydrogen-bond donors (Lipinski definition) is 3. The van der Waals surface area contributed by atoms with E-state index >= 15 is 0 Å². The van der Waals surface area contributed by atoms with E-state index in [0.717, 1.165) is 6.42 Å². The Morgan fingerprint density at radius 3 is 2.28 bits per heavy atom. The van der Waals surface area contributed by atoms with E-state index in [0.29, 0.717) is 12.5 Å². The number of nitrogens with one attached hydrogen (secondary N) is 1. The second-order valence-corrected chi connectivity index (χ2v) is 6.06. The Morgan fingerprint density at radius 1 is 1.33 bits per heavy atom. The highest BCUT2D eigenvalue weighted by Crippen LogP contribution is 2.15. The summed E-state index contributed by atoms with van der Waals surface area (Å²) in [5.41, 5.74) is 5.21. The minimum atomic E-state index is -0.825. The van der Waals surface area contributed by atoms with Crippen LogP contribution >= 0.6 is 0 Å². The molecule has 5 heteroatoms. The van der Waals surface area contributed by atoms with Gasteiger partial charge in [0, 0.05) is 24.9 Å². The molecule has 0 bridgehead atoms. The molecule has 0 aliphatic heterocycles. The monoisotopic (exact) mass is 258 g/mol. The van der Waals surface area contributed by atoms with Crippen LogP contribution in [0.3, 0.4) is 0 Å². The van der Waals surface area contributed by atoms with Crippen LogP contribution in [0.25, 0.3) is 0 Å². The van der Waals surface area contributed by atoms with Crippen LogP contribution < -0.4 is 11.1 Å². The molecule has 0 aliphatic rings. The zero-order valence-electron chi connectivity index (χ0n) is 11.8. The van der Waals surface area contributed by atoms with Crippen LogP contribution in [0.2, 0.25) is 0 Å². The van der Waals surface area contributed by atoms with Crippen molar-refractivity contribution in [3.8, 4) is 0 Å². The molecule has 5 nitrogen and oxygen atoms in total. The number of hydrogen-bond acceptors (Lipinski definition) is 3. The average molecular weight is 258 g/mol. The Labute approximate surface area is 109 Å². The van der Waals surface area contributed by atoms with Crippen LogP contribution in [0.15, 0.2) is 0 Å². The lowest BCUT2D eigenvalue weighted by molar-refractivity contribution is -0.138. The van der Waals surface area contributed by atoms with E-state index in [1.54, 1.807) is 13.8 Å². The fourth-order valence-electron chi connectivity index (χ4n) is 1.89. The third kappa shape index (κ3) is 10.1. The van der Waals surface area contributed by atoms with Gasteiger partial charge < -0.3 is 16.2 Å². The average Bonchev–Trinajstić information content (AvgIpc) is 2.09. The van der Waals surface area contributed by atoms with Crippen molar-refractivity contribution in [2.45, 2.75) is 52.5 Å². The molecule has 0 aromatic heterocycles. The number of rotatable bonds is 8. The van der Waals surface area contributed by atoms with Crippen molar-refractivity contribution in [2.75, 3.05) is 6.54 Å². The second-order valence-electron chi connectivity index (χ2n) is 6.06. The van der Waals surface area contributed by atoms with Gasteiger partial charge in [-0.3, -0.25) is 9.59 Å². The van der Waals surface area contributed by atoms with Crippen molar-refractivity contribution < 1.29 is 14.7 Å². The Balaban J connectivity index is 4.17. The lowest BCUT2D eigenvalue weighted by Crippen LogP contribution is -2.40. The smallest absolute Gasteiger partial charge is 0.303 e. The molecule has 0 unspecified atom stereocenters. The summed E-state index contributed by atoms with van der Waals surface area (Å²) < 4.78 is 0. The highest BCUT2D eigenvalue weighted by Gasteiger charge is 2.19. The minimum absolute atomic E-state index is 0.0210. The molecule has 0 saturated heterocycles. The molecule has 0 fully saturated rings. The molecular weight excluding hydrogens is 232 g/mol. The molecule has 0 aromatic rings. The quantitative estimate of drug-likeness (QED) is 0.613. The van der Waals surface area contributed by atoms with Gasteiger partial charge in [-0.1, -0.05) is 13.8 Å². The minimum Gasteiger partial charge on any atom is -0.481 e. The maximum absolute atomic E-state index is 11.6. The van der Waals surface area contributed by atoms with Crippen molar-refractivity contribution in [1.82, 2.24) is 5.32 Å². The molecule has 0 spiro atoms. The molecule has 18 heavy (non-hydrogen) atoms. The van der Waals surface area contributed by atoms with Crippen LogP contribution in [0.5, 0.6) is 0 Å². The van der Waals surface area contributed by atoms with Gasteiger partial charge in [0.05, 0.1) is 0 Å². The summed E-state index contributed by atoms with van der Waals surface area (Å²) in [6, 6.07) is 0. The zero-order valence-corrected chi connectivity index (χ0v) is 11.8. The van der Waals surface area contributed by atoms with E-state index in [1.165, 1.54) is 0 Å². The lowest BCUT2D eigenvalue weighted by atomic mass is 9.94. The van der Waals surface area contributed by atoms with Gasteiger partial charge in [0.25, 0.3) is 0 Å². The highest BCUT2D eigenvalue weighted by atomic mass is 16.4. The number of aliphatic carboxylic acids is 1. The number of carboxylic acids is 1. The third-order valence-electron chi connectivity index (χ3n) is 2.47. The van der Waals surface area contributed by atoms with Crippen molar-refractivity contribution in [3.05, 3.63) is 0 Å². The maximum atomic E-state index is 11.6. The van der Waals surface area contributed by atoms with Gasteiger partial charge in [-0.25, -0.2) is 0 Å². The molecule has 0 rings (SSSR count). The van der Waals surface area contributed by atoms with E-state index in [1.807, 2.05) is 13.8 Å². The van der Waals surface area contributed by atoms with Gasteiger partial charge in [-0.2, -0.15) is 0 Å². The SMILES string of the molecule is CC(C)C[C@H](CNC(=O)CC(C)(C)N)CC(=O)O. The second kappa shape index (κ2) is 7.36. The van der Waals surface area contributed by atoms with Crippen molar-refractivity contribution in [3.63, 3.8) is 0 Å². The molecule has 1 amide bonds. The summed E-state index contributed by atoms with van der Waals surface area (Å²) in [5.74, 6) is -0.555. The summed E-state index contributed by atoms with van der Waals surface area (Å²) in [7, 11) is 0. The normalized spacial score (nSPS) is 13.4. The third-order valence-corrected chi connectivity index (χ3v) is 2.47. The first-order valence-electron chi connectivity index (χ1n) is 6.37. The predicted molar refractivity (Wildman–Crippen MR) is 71.1 cm³/mol. The number of carbonyl (C=O) groups is 2. The maximum Gasteiger partial charge on any atom is 0.303 e. The predicted octanol–water partition coefficient (Wildman–Crippen LogP) is 1.37. The molecule has 0 radical (unpaired) electrons. The molecule has 0 saturated carbocycles. The number of carbonyl (C=O) groups excluding carboxylic acids is 1. The van der Waals surface area contributed by atoms with Gasteiger partial charge in [-0.05, 0) is 32.1 Å². The van der Waals surface area contributed by atoms with Gasteiger partial charge in [0.1, 0.15) is 0 Å². The molecule has 1 atom stereocenters. The Bertz CT molecular complexity index is 282. The van der Waals surface area contributed by atoms with Gasteiger partial charge in [-0.15, -0.1) is 0 Å². The Hall–Kier alpha value is -1.10. The first-order valence-corrected chi connectivity index (χ1v) is 6.37. The van der Waals surface area contributed by atoms with Crippen molar-refractivity contribution in [1.29, 1.82) is 0 Å². The molecule has 4 N–H and O–H groups in total. The summed E-state index contributed by atoms with van der Waals surface area (Å²) in [6.45, 7) is 8.06. The van der Waals surface area contributed by atoms with Crippen LogP contribution in [-0.4, -0.2) is 29.1 Å². The topological polar surface area (TPSA) is 92.4 Å². The summed E-state index contributed by atoms with van der Waals surface area (Å²) in [4.78, 5) is 22.3. The van der Waals surface area contributed by atoms with Crippen LogP contribution in [0, 0.1) is 11.8 Å². The Kier molecular flexibility index (Phi) is 6.91. The first-order chi connectivity index (χ1) is 8.10. The van der Waals surface area contributed by atoms with E-state index in [4.69, 9.17) is 10.8 Å². The van der Waals surface area contributed by atoms with E-state index in [2.05, 4.69) is 5.32 Å². The summed E-state index contributed by atoms with van der Waals surface area (Å²) in [6.07, 6.45) is 1.12. The van der Waals surface area contributed by atoms with Crippen LogP contribution in [0.1, 0.15) is 47.0 Å². The fraction of sp³-hybridized carbons (Fsp3) is 0.846. The van der Waals surface area contributed by atoms with E-state index in [9.17, 15) is 9.59 Å². The van der Waals surface area contributed by atoms with Crippen LogP contribution in [0.4, 0.5) is 0 Å². The molecule has 0 aliphatic carbocycles. The van der Waals surface area contributed by atoms with E-state index < -0.39 is 11.5 Å².